The van der Waals surface area contributed by atoms with Gasteiger partial charge < -0.3 is 18.6 Å². The van der Waals surface area contributed by atoms with Gasteiger partial charge in [0.15, 0.2) is 17.1 Å². The molecule has 0 spiro atoms. The molecule has 0 unspecified atom stereocenters. The summed E-state index contributed by atoms with van der Waals surface area (Å²) in [5.41, 5.74) is -0.179. The van der Waals surface area contributed by atoms with E-state index in [0.29, 0.717) is 29.1 Å². The molecule has 1 heterocycles. The summed E-state index contributed by atoms with van der Waals surface area (Å²) in [6.45, 7) is 2.77. The zero-order valence-electron chi connectivity index (χ0n) is 16.1. The zero-order valence-corrected chi connectivity index (χ0v) is 16.1. The Hall–Kier alpha value is -2.17. The van der Waals surface area contributed by atoms with Crippen molar-refractivity contribution >= 4 is 11.0 Å². The first-order chi connectivity index (χ1) is 12.7. The van der Waals surface area contributed by atoms with Gasteiger partial charge in [0.25, 0.3) is 0 Å². The molecule has 1 aromatic carbocycles. The fourth-order valence-electron chi connectivity index (χ4n) is 3.04. The van der Waals surface area contributed by atoms with Crippen LogP contribution in [0.1, 0.15) is 58.3 Å². The van der Waals surface area contributed by atoms with Gasteiger partial charge in [0.05, 0.1) is 26.2 Å². The summed E-state index contributed by atoms with van der Waals surface area (Å²) in [6.07, 6.45) is 9.81. The summed E-state index contributed by atoms with van der Waals surface area (Å²) < 4.78 is 21.8. The van der Waals surface area contributed by atoms with Gasteiger partial charge in [0, 0.05) is 0 Å². The van der Waals surface area contributed by atoms with Crippen molar-refractivity contribution in [2.24, 2.45) is 0 Å². The van der Waals surface area contributed by atoms with Crippen LogP contribution >= 0.6 is 0 Å². The molecule has 0 bridgehead atoms. The first kappa shape index (κ1) is 20.1. The molecule has 26 heavy (non-hydrogen) atoms. The van der Waals surface area contributed by atoms with Gasteiger partial charge in [-0.15, -0.1) is 0 Å². The van der Waals surface area contributed by atoms with Crippen LogP contribution in [0.15, 0.2) is 27.4 Å². The van der Waals surface area contributed by atoms with Gasteiger partial charge in [-0.05, 0) is 18.6 Å². The van der Waals surface area contributed by atoms with Crippen molar-refractivity contribution < 1.29 is 18.6 Å². The molecule has 0 saturated carbocycles. The van der Waals surface area contributed by atoms with Gasteiger partial charge in [-0.25, -0.2) is 4.79 Å². The number of methoxy groups -OCH3 is 2. The van der Waals surface area contributed by atoms with Crippen molar-refractivity contribution in [1.29, 1.82) is 0 Å². The lowest BCUT2D eigenvalue weighted by molar-refractivity contribution is 0.280. The molecule has 5 nitrogen and oxygen atoms in total. The van der Waals surface area contributed by atoms with Crippen LogP contribution < -0.4 is 19.8 Å². The second-order valence-corrected chi connectivity index (χ2v) is 6.41. The molecule has 2 aromatic rings. The van der Waals surface area contributed by atoms with Crippen LogP contribution in [0.3, 0.4) is 0 Å². The summed E-state index contributed by atoms with van der Waals surface area (Å²) in [6, 6.07) is 5.43. The van der Waals surface area contributed by atoms with Gasteiger partial charge in [-0.1, -0.05) is 57.9 Å². The Bertz CT molecular complexity index is 735. The fraction of sp³-hybridized carbons (Fsp3) is 0.571. The minimum Gasteiger partial charge on any atom is -0.493 e. The first-order valence-corrected chi connectivity index (χ1v) is 9.53. The summed E-state index contributed by atoms with van der Waals surface area (Å²) in [7, 11) is 2.99. The van der Waals surface area contributed by atoms with Gasteiger partial charge in [-0.2, -0.15) is 0 Å². The number of unbranched alkanes of at least 4 members (excludes halogenated alkanes) is 7. The Morgan fingerprint density at radius 2 is 1.58 bits per heavy atom. The molecular formula is C21H30O5. The molecule has 5 heteroatoms. The van der Waals surface area contributed by atoms with Crippen molar-refractivity contribution in [3.63, 3.8) is 0 Å². The molecule has 0 amide bonds. The number of hydrogen-bond acceptors (Lipinski definition) is 5. The van der Waals surface area contributed by atoms with E-state index in [-0.39, 0.29) is 5.75 Å². The number of ether oxygens (including phenoxy) is 3. The minimum atomic E-state index is -0.560. The molecule has 1 aromatic heterocycles. The maximum atomic E-state index is 12.2. The fourth-order valence-corrected chi connectivity index (χ4v) is 3.04. The molecular weight excluding hydrogens is 332 g/mol. The average molecular weight is 362 g/mol. The molecule has 0 atom stereocenters. The standard InChI is InChI=1S/C21H30O5/c1-4-5-6-7-8-9-10-11-15-25-19-16-13-12-14-17(23-2)18(16)26-21(22)20(19)24-3/h12-14H,4-11,15H2,1-3H3. The van der Waals surface area contributed by atoms with E-state index in [0.717, 1.165) is 12.8 Å². The third kappa shape index (κ3) is 5.16. The summed E-state index contributed by atoms with van der Waals surface area (Å²) in [5, 5.41) is 0.681. The van der Waals surface area contributed by atoms with Gasteiger partial charge in [-0.3, -0.25) is 0 Å². The smallest absolute Gasteiger partial charge is 0.383 e. The molecule has 0 aliphatic carbocycles. The molecule has 144 valence electrons. The van der Waals surface area contributed by atoms with Crippen molar-refractivity contribution in [2.75, 3.05) is 20.8 Å². The van der Waals surface area contributed by atoms with E-state index in [4.69, 9.17) is 18.6 Å². The minimum absolute atomic E-state index is 0.102. The van der Waals surface area contributed by atoms with Crippen molar-refractivity contribution in [2.45, 2.75) is 58.3 Å². The van der Waals surface area contributed by atoms with Gasteiger partial charge >= 0.3 is 5.63 Å². The van der Waals surface area contributed by atoms with Crippen LogP contribution in [0.25, 0.3) is 11.0 Å². The van der Waals surface area contributed by atoms with E-state index in [1.807, 2.05) is 12.1 Å². The quantitative estimate of drug-likeness (QED) is 0.377. The number of rotatable bonds is 12. The van der Waals surface area contributed by atoms with Gasteiger partial charge in [0.2, 0.25) is 5.75 Å². The van der Waals surface area contributed by atoms with Crippen LogP contribution in [0.4, 0.5) is 0 Å². The predicted molar refractivity (Wildman–Crippen MR) is 104 cm³/mol. The maximum Gasteiger partial charge on any atom is 0.383 e. The van der Waals surface area contributed by atoms with Gasteiger partial charge in [0.1, 0.15) is 0 Å². The van der Waals surface area contributed by atoms with Crippen LogP contribution in [0.5, 0.6) is 17.2 Å². The number of para-hydroxylation sites is 1. The third-order valence-corrected chi connectivity index (χ3v) is 4.48. The van der Waals surface area contributed by atoms with E-state index in [1.54, 1.807) is 13.2 Å². The van der Waals surface area contributed by atoms with E-state index in [9.17, 15) is 4.79 Å². The monoisotopic (exact) mass is 362 g/mol. The third-order valence-electron chi connectivity index (χ3n) is 4.48. The summed E-state index contributed by atoms with van der Waals surface area (Å²) in [5.74, 6) is 1.03. The van der Waals surface area contributed by atoms with Crippen molar-refractivity contribution in [3.8, 4) is 17.2 Å². The zero-order chi connectivity index (χ0) is 18.8. The van der Waals surface area contributed by atoms with Crippen LogP contribution in [-0.2, 0) is 0 Å². The first-order valence-electron chi connectivity index (χ1n) is 9.53. The molecule has 0 N–H and O–H groups in total. The Labute approximate surface area is 155 Å². The topological polar surface area (TPSA) is 57.9 Å². The molecule has 0 saturated heterocycles. The highest BCUT2D eigenvalue weighted by atomic mass is 16.5. The second kappa shape index (κ2) is 10.7. The van der Waals surface area contributed by atoms with Crippen LogP contribution in [0, 0.1) is 0 Å². The second-order valence-electron chi connectivity index (χ2n) is 6.41. The largest absolute Gasteiger partial charge is 0.493 e. The average Bonchev–Trinajstić information content (AvgIpc) is 2.66. The molecule has 0 radical (unpaired) electrons. The van der Waals surface area contributed by atoms with Crippen molar-refractivity contribution in [1.82, 2.24) is 0 Å². The lowest BCUT2D eigenvalue weighted by atomic mass is 10.1. The van der Waals surface area contributed by atoms with Crippen LogP contribution in [0.2, 0.25) is 0 Å². The van der Waals surface area contributed by atoms with Crippen molar-refractivity contribution in [3.05, 3.63) is 28.6 Å². The number of fused-ring (bicyclic) bond motifs is 1. The van der Waals surface area contributed by atoms with E-state index in [2.05, 4.69) is 6.92 Å². The summed E-state index contributed by atoms with van der Waals surface area (Å²) >= 11 is 0. The molecule has 2 rings (SSSR count). The lowest BCUT2D eigenvalue weighted by Crippen LogP contribution is -2.09. The van der Waals surface area contributed by atoms with Crippen LogP contribution in [-0.4, -0.2) is 20.8 Å². The van der Waals surface area contributed by atoms with E-state index in [1.165, 1.54) is 45.6 Å². The number of hydrogen-bond donors (Lipinski definition) is 0. The van der Waals surface area contributed by atoms with E-state index < -0.39 is 5.63 Å². The Kier molecular flexibility index (Phi) is 8.32. The Balaban J connectivity index is 1.99. The SMILES string of the molecule is CCCCCCCCCCOc1c(OC)c(=O)oc2c(OC)cccc12. The molecule has 0 fully saturated rings. The molecule has 0 aliphatic heterocycles. The normalized spacial score (nSPS) is 10.9. The summed E-state index contributed by atoms with van der Waals surface area (Å²) in [4.78, 5) is 12.2. The molecule has 0 aliphatic rings. The lowest BCUT2D eigenvalue weighted by Gasteiger charge is -2.13. The van der Waals surface area contributed by atoms with E-state index >= 15 is 0 Å². The maximum absolute atomic E-state index is 12.2. The number of benzene rings is 1. The highest BCUT2D eigenvalue weighted by Crippen LogP contribution is 2.36. The highest BCUT2D eigenvalue weighted by molar-refractivity contribution is 5.89. The highest BCUT2D eigenvalue weighted by Gasteiger charge is 2.19. The predicted octanol–water partition coefficient (Wildman–Crippen LogP) is 5.33. The Morgan fingerprint density at radius 1 is 0.885 bits per heavy atom. The Morgan fingerprint density at radius 3 is 2.23 bits per heavy atom.